The Bertz CT molecular complexity index is 658. The van der Waals surface area contributed by atoms with Crippen molar-refractivity contribution in [2.45, 2.75) is 64.9 Å². The summed E-state index contributed by atoms with van der Waals surface area (Å²) in [6.07, 6.45) is 6.52. The maximum atomic E-state index is 11.1. The molecule has 0 unspecified atom stereocenters. The number of hydrogen-bond donors (Lipinski definition) is 1. The zero-order valence-corrected chi connectivity index (χ0v) is 15.3. The third-order valence-electron chi connectivity index (χ3n) is 5.94. The Morgan fingerprint density at radius 3 is 1.83 bits per heavy atom. The van der Waals surface area contributed by atoms with Crippen LogP contribution in [0.5, 0.6) is 0 Å². The van der Waals surface area contributed by atoms with Gasteiger partial charge in [0, 0.05) is 0 Å². The van der Waals surface area contributed by atoms with Crippen LogP contribution in [0.1, 0.15) is 63.5 Å². The number of aryl methyl sites for hydroxylation is 1. The van der Waals surface area contributed by atoms with Crippen LogP contribution in [0.4, 0.5) is 0 Å². The van der Waals surface area contributed by atoms with Gasteiger partial charge < -0.3 is 5.11 Å². The van der Waals surface area contributed by atoms with E-state index in [-0.39, 0.29) is 0 Å². The molecule has 1 saturated carbocycles. The van der Waals surface area contributed by atoms with Gasteiger partial charge in [0.25, 0.3) is 0 Å². The topological polar surface area (TPSA) is 20.2 Å². The lowest BCUT2D eigenvalue weighted by Crippen LogP contribution is -2.35. The van der Waals surface area contributed by atoms with Gasteiger partial charge in [0.05, 0.1) is 5.60 Å². The molecular formula is C23H30O. The molecular weight excluding hydrogens is 292 g/mol. The number of aliphatic hydroxyl groups is 1. The Labute approximate surface area is 146 Å². The highest BCUT2D eigenvalue weighted by atomic mass is 16.3. The van der Waals surface area contributed by atoms with Crippen molar-refractivity contribution in [2.75, 3.05) is 0 Å². The number of hydrogen-bond acceptors (Lipinski definition) is 1. The lowest BCUT2D eigenvalue weighted by Gasteiger charge is -2.42. The summed E-state index contributed by atoms with van der Waals surface area (Å²) in [4.78, 5) is 0. The van der Waals surface area contributed by atoms with Crippen LogP contribution < -0.4 is 0 Å². The molecule has 2 aromatic carbocycles. The monoisotopic (exact) mass is 322 g/mol. The minimum Gasteiger partial charge on any atom is -0.385 e. The van der Waals surface area contributed by atoms with E-state index in [0.717, 1.165) is 31.2 Å². The quantitative estimate of drug-likeness (QED) is 0.707. The van der Waals surface area contributed by atoms with Gasteiger partial charge >= 0.3 is 0 Å². The second-order valence-electron chi connectivity index (χ2n) is 8.04. The first kappa shape index (κ1) is 17.2. The highest BCUT2D eigenvalue weighted by Gasteiger charge is 2.39. The number of benzene rings is 2. The fraction of sp³-hybridized carbons (Fsp3) is 0.478. The molecule has 0 atom stereocenters. The normalized spacial score (nSPS) is 27.2. The van der Waals surface area contributed by atoms with Gasteiger partial charge in [-0.05, 0) is 61.1 Å². The van der Waals surface area contributed by atoms with Crippen molar-refractivity contribution in [3.63, 3.8) is 0 Å². The van der Waals surface area contributed by atoms with Crippen LogP contribution in [0.15, 0.2) is 48.5 Å². The van der Waals surface area contributed by atoms with Gasteiger partial charge in [-0.25, -0.2) is 0 Å². The molecule has 128 valence electrons. The molecule has 0 bridgehead atoms. The van der Waals surface area contributed by atoms with E-state index in [9.17, 15) is 5.11 Å². The standard InChI is InChI=1S/C23H30O/c1-4-13-22(3)14-16-23(24,17-15-22)21-11-9-20(10-12-21)19-7-5-18(2)6-8-19/h5-12,24H,4,13-17H2,1-3H3. The minimum atomic E-state index is -0.640. The first-order valence-electron chi connectivity index (χ1n) is 9.34. The summed E-state index contributed by atoms with van der Waals surface area (Å²) in [6.45, 7) is 6.75. The Hall–Kier alpha value is -1.60. The highest BCUT2D eigenvalue weighted by Crippen LogP contribution is 2.47. The predicted molar refractivity (Wildman–Crippen MR) is 102 cm³/mol. The largest absolute Gasteiger partial charge is 0.385 e. The van der Waals surface area contributed by atoms with E-state index in [1.165, 1.54) is 29.5 Å². The molecule has 1 heteroatoms. The van der Waals surface area contributed by atoms with Crippen LogP contribution >= 0.6 is 0 Å². The van der Waals surface area contributed by atoms with E-state index < -0.39 is 5.60 Å². The van der Waals surface area contributed by atoms with Crippen LogP contribution in [0.25, 0.3) is 11.1 Å². The van der Waals surface area contributed by atoms with E-state index in [2.05, 4.69) is 69.3 Å². The molecule has 0 aliphatic heterocycles. The van der Waals surface area contributed by atoms with Gasteiger partial charge in [-0.3, -0.25) is 0 Å². The van der Waals surface area contributed by atoms with Crippen molar-refractivity contribution in [1.82, 2.24) is 0 Å². The zero-order valence-electron chi connectivity index (χ0n) is 15.3. The molecule has 1 fully saturated rings. The van der Waals surface area contributed by atoms with Crippen molar-refractivity contribution in [1.29, 1.82) is 0 Å². The average molecular weight is 322 g/mol. The molecule has 0 amide bonds. The van der Waals surface area contributed by atoms with Gasteiger partial charge in [-0.15, -0.1) is 0 Å². The van der Waals surface area contributed by atoms with Crippen LogP contribution in [-0.2, 0) is 5.60 Å². The maximum absolute atomic E-state index is 11.1. The Morgan fingerprint density at radius 1 is 0.833 bits per heavy atom. The molecule has 3 rings (SSSR count). The molecule has 1 aliphatic rings. The van der Waals surface area contributed by atoms with Crippen LogP contribution in [0.3, 0.4) is 0 Å². The molecule has 0 radical (unpaired) electrons. The van der Waals surface area contributed by atoms with Gasteiger partial charge in [0.2, 0.25) is 0 Å². The number of rotatable bonds is 4. The Kier molecular flexibility index (Phi) is 4.83. The third kappa shape index (κ3) is 3.57. The van der Waals surface area contributed by atoms with Gasteiger partial charge in [-0.2, -0.15) is 0 Å². The SMILES string of the molecule is CCCC1(C)CCC(O)(c2ccc(-c3ccc(C)cc3)cc2)CC1. The summed E-state index contributed by atoms with van der Waals surface area (Å²) >= 11 is 0. The van der Waals surface area contributed by atoms with Crippen molar-refractivity contribution in [3.8, 4) is 11.1 Å². The van der Waals surface area contributed by atoms with Crippen LogP contribution in [0, 0.1) is 12.3 Å². The maximum Gasteiger partial charge on any atom is 0.0897 e. The van der Waals surface area contributed by atoms with E-state index in [4.69, 9.17) is 0 Å². The van der Waals surface area contributed by atoms with E-state index in [0.29, 0.717) is 5.41 Å². The Morgan fingerprint density at radius 2 is 1.33 bits per heavy atom. The van der Waals surface area contributed by atoms with Crippen molar-refractivity contribution in [3.05, 3.63) is 59.7 Å². The van der Waals surface area contributed by atoms with Crippen molar-refractivity contribution >= 4 is 0 Å². The molecule has 0 spiro atoms. The molecule has 0 aromatic heterocycles. The predicted octanol–water partition coefficient (Wildman–Crippen LogP) is 6.23. The summed E-state index contributed by atoms with van der Waals surface area (Å²) in [5.74, 6) is 0. The highest BCUT2D eigenvalue weighted by molar-refractivity contribution is 5.64. The molecule has 24 heavy (non-hydrogen) atoms. The molecule has 1 N–H and O–H groups in total. The van der Waals surface area contributed by atoms with Crippen molar-refractivity contribution < 1.29 is 5.11 Å². The Balaban J connectivity index is 1.75. The summed E-state index contributed by atoms with van der Waals surface area (Å²) in [6, 6.07) is 17.2. The second-order valence-corrected chi connectivity index (χ2v) is 8.04. The lowest BCUT2D eigenvalue weighted by molar-refractivity contribution is -0.0368. The molecule has 2 aromatic rings. The lowest BCUT2D eigenvalue weighted by atomic mass is 9.66. The van der Waals surface area contributed by atoms with E-state index in [1.54, 1.807) is 0 Å². The third-order valence-corrected chi connectivity index (χ3v) is 5.94. The fourth-order valence-corrected chi connectivity index (χ4v) is 4.13. The minimum absolute atomic E-state index is 0.419. The van der Waals surface area contributed by atoms with Gasteiger partial charge in [-0.1, -0.05) is 74.4 Å². The first-order chi connectivity index (χ1) is 11.4. The van der Waals surface area contributed by atoms with Crippen molar-refractivity contribution in [2.24, 2.45) is 5.41 Å². The van der Waals surface area contributed by atoms with Crippen LogP contribution in [0.2, 0.25) is 0 Å². The second kappa shape index (κ2) is 6.72. The summed E-state index contributed by atoms with van der Waals surface area (Å²) in [5, 5.41) is 11.1. The summed E-state index contributed by atoms with van der Waals surface area (Å²) < 4.78 is 0. The summed E-state index contributed by atoms with van der Waals surface area (Å²) in [7, 11) is 0. The zero-order chi connectivity index (χ0) is 17.2. The molecule has 0 heterocycles. The average Bonchev–Trinajstić information content (AvgIpc) is 2.59. The van der Waals surface area contributed by atoms with Gasteiger partial charge in [0.15, 0.2) is 0 Å². The summed E-state index contributed by atoms with van der Waals surface area (Å²) in [5.41, 5.74) is 4.59. The van der Waals surface area contributed by atoms with E-state index >= 15 is 0 Å². The molecule has 1 nitrogen and oxygen atoms in total. The smallest absolute Gasteiger partial charge is 0.0897 e. The molecule has 0 saturated heterocycles. The van der Waals surface area contributed by atoms with E-state index in [1.807, 2.05) is 0 Å². The first-order valence-corrected chi connectivity index (χ1v) is 9.34. The fourth-order valence-electron chi connectivity index (χ4n) is 4.13. The van der Waals surface area contributed by atoms with Crippen LogP contribution in [-0.4, -0.2) is 5.11 Å². The van der Waals surface area contributed by atoms with Gasteiger partial charge in [0.1, 0.15) is 0 Å². The molecule has 1 aliphatic carbocycles.